The fourth-order valence-electron chi connectivity index (χ4n) is 0.767. The van der Waals surface area contributed by atoms with E-state index in [9.17, 15) is 0 Å². The second-order valence-corrected chi connectivity index (χ2v) is 2.30. The minimum Gasteiger partial charge on any atom is -0.409 e. The minimum atomic E-state index is 0.646. The van der Waals surface area contributed by atoms with Crippen LogP contribution in [0.15, 0.2) is 30.3 Å². The van der Waals surface area contributed by atoms with Crippen molar-refractivity contribution in [2.45, 2.75) is 0 Å². The standard InChI is InChI=1S/C9H13NO2/c1-11-8-7-10-12-9-5-3-2-4-6-9/h2-6,10H,7-8H2,1H3. The second-order valence-electron chi connectivity index (χ2n) is 2.30. The lowest BCUT2D eigenvalue weighted by Crippen LogP contribution is -2.22. The quantitative estimate of drug-likeness (QED) is 0.528. The van der Waals surface area contributed by atoms with E-state index in [0.717, 1.165) is 5.75 Å². The first-order valence-electron chi connectivity index (χ1n) is 3.87. The van der Waals surface area contributed by atoms with Gasteiger partial charge in [-0.3, -0.25) is 0 Å². The van der Waals surface area contributed by atoms with Crippen molar-refractivity contribution in [1.82, 2.24) is 5.48 Å². The highest BCUT2D eigenvalue weighted by atomic mass is 16.6. The SMILES string of the molecule is COCCNOc1ccccc1. The van der Waals surface area contributed by atoms with Crippen molar-refractivity contribution in [1.29, 1.82) is 0 Å². The molecule has 3 heteroatoms. The van der Waals surface area contributed by atoms with Gasteiger partial charge in [-0.1, -0.05) is 18.2 Å². The van der Waals surface area contributed by atoms with Gasteiger partial charge in [0, 0.05) is 7.11 Å². The molecular weight excluding hydrogens is 154 g/mol. The molecule has 0 unspecified atom stereocenters. The number of hydrogen-bond acceptors (Lipinski definition) is 3. The molecule has 0 saturated carbocycles. The van der Waals surface area contributed by atoms with Gasteiger partial charge >= 0.3 is 0 Å². The maximum absolute atomic E-state index is 5.18. The first-order valence-corrected chi connectivity index (χ1v) is 3.87. The molecule has 0 fully saturated rings. The molecule has 0 aliphatic heterocycles. The maximum atomic E-state index is 5.18. The van der Waals surface area contributed by atoms with Gasteiger partial charge in [-0.15, -0.1) is 0 Å². The summed E-state index contributed by atoms with van der Waals surface area (Å²) in [4.78, 5) is 5.18. The zero-order chi connectivity index (χ0) is 8.65. The maximum Gasteiger partial charge on any atom is 0.147 e. The normalized spacial score (nSPS) is 9.75. The molecule has 66 valence electrons. The van der Waals surface area contributed by atoms with E-state index in [-0.39, 0.29) is 0 Å². The lowest BCUT2D eigenvalue weighted by atomic mass is 10.3. The Morgan fingerprint density at radius 1 is 1.25 bits per heavy atom. The zero-order valence-corrected chi connectivity index (χ0v) is 7.12. The van der Waals surface area contributed by atoms with Crippen molar-refractivity contribution in [2.75, 3.05) is 20.3 Å². The highest BCUT2D eigenvalue weighted by molar-refractivity contribution is 5.20. The summed E-state index contributed by atoms with van der Waals surface area (Å²) in [5.74, 6) is 0.814. The smallest absolute Gasteiger partial charge is 0.147 e. The van der Waals surface area contributed by atoms with Gasteiger partial charge in [0.2, 0.25) is 0 Å². The Morgan fingerprint density at radius 3 is 2.67 bits per heavy atom. The van der Waals surface area contributed by atoms with Gasteiger partial charge < -0.3 is 9.57 Å². The average molecular weight is 167 g/mol. The van der Waals surface area contributed by atoms with Crippen LogP contribution >= 0.6 is 0 Å². The third-order valence-corrected chi connectivity index (χ3v) is 1.34. The van der Waals surface area contributed by atoms with Crippen LogP contribution in [-0.2, 0) is 4.74 Å². The molecule has 0 heterocycles. The summed E-state index contributed by atoms with van der Waals surface area (Å²) in [6, 6.07) is 9.57. The first kappa shape index (κ1) is 9.03. The van der Waals surface area contributed by atoms with E-state index in [1.165, 1.54) is 0 Å². The summed E-state index contributed by atoms with van der Waals surface area (Å²) in [6.45, 7) is 1.33. The molecule has 1 aromatic carbocycles. The number of nitrogens with one attached hydrogen (secondary N) is 1. The summed E-state index contributed by atoms with van der Waals surface area (Å²) in [5.41, 5.74) is 2.78. The number of para-hydroxylation sites is 1. The number of hydroxylamine groups is 1. The molecule has 0 radical (unpaired) electrons. The highest BCUT2D eigenvalue weighted by Gasteiger charge is 1.89. The Labute approximate surface area is 72.3 Å². The second kappa shape index (κ2) is 5.57. The number of ether oxygens (including phenoxy) is 1. The molecule has 12 heavy (non-hydrogen) atoms. The molecule has 1 aromatic rings. The zero-order valence-electron chi connectivity index (χ0n) is 7.12. The molecule has 3 nitrogen and oxygen atoms in total. The van der Waals surface area contributed by atoms with Gasteiger partial charge in [0.1, 0.15) is 5.75 Å². The molecule has 0 aliphatic rings. The van der Waals surface area contributed by atoms with Gasteiger partial charge in [0.25, 0.3) is 0 Å². The predicted molar refractivity (Wildman–Crippen MR) is 46.9 cm³/mol. The molecule has 0 amide bonds. The average Bonchev–Trinajstić information content (AvgIpc) is 2.14. The van der Waals surface area contributed by atoms with E-state index in [1.54, 1.807) is 7.11 Å². The van der Waals surface area contributed by atoms with E-state index in [4.69, 9.17) is 9.57 Å². The van der Waals surface area contributed by atoms with E-state index in [2.05, 4.69) is 5.48 Å². The summed E-state index contributed by atoms with van der Waals surface area (Å²) in [6.07, 6.45) is 0. The van der Waals surface area contributed by atoms with Crippen LogP contribution < -0.4 is 10.3 Å². The van der Waals surface area contributed by atoms with Crippen molar-refractivity contribution in [2.24, 2.45) is 0 Å². The monoisotopic (exact) mass is 167 g/mol. The van der Waals surface area contributed by atoms with Crippen LogP contribution in [0.4, 0.5) is 0 Å². The lowest BCUT2D eigenvalue weighted by Gasteiger charge is -2.05. The van der Waals surface area contributed by atoms with Crippen molar-refractivity contribution >= 4 is 0 Å². The molecule has 0 aliphatic carbocycles. The fraction of sp³-hybridized carbons (Fsp3) is 0.333. The number of methoxy groups -OCH3 is 1. The van der Waals surface area contributed by atoms with Crippen LogP contribution in [0.3, 0.4) is 0 Å². The third kappa shape index (κ3) is 3.37. The number of rotatable bonds is 5. The first-order chi connectivity index (χ1) is 5.93. The highest BCUT2D eigenvalue weighted by Crippen LogP contribution is 2.05. The molecule has 0 spiro atoms. The van der Waals surface area contributed by atoms with Gasteiger partial charge in [-0.25, -0.2) is 0 Å². The van der Waals surface area contributed by atoms with E-state index in [1.807, 2.05) is 30.3 Å². The van der Waals surface area contributed by atoms with Crippen LogP contribution in [0.2, 0.25) is 0 Å². The Balaban J connectivity index is 2.16. The van der Waals surface area contributed by atoms with Crippen LogP contribution in [0.25, 0.3) is 0 Å². The summed E-state index contributed by atoms with van der Waals surface area (Å²) < 4.78 is 4.84. The van der Waals surface area contributed by atoms with Crippen LogP contribution in [0.1, 0.15) is 0 Å². The summed E-state index contributed by atoms with van der Waals surface area (Å²) >= 11 is 0. The van der Waals surface area contributed by atoms with E-state index in [0.29, 0.717) is 13.2 Å². The Bertz CT molecular complexity index is 201. The minimum absolute atomic E-state index is 0.646. The van der Waals surface area contributed by atoms with Crippen molar-refractivity contribution in [3.8, 4) is 5.75 Å². The van der Waals surface area contributed by atoms with Gasteiger partial charge in [-0.2, -0.15) is 5.48 Å². The number of hydrogen-bond donors (Lipinski definition) is 1. The fourth-order valence-corrected chi connectivity index (χ4v) is 0.767. The van der Waals surface area contributed by atoms with Crippen molar-refractivity contribution in [3.05, 3.63) is 30.3 Å². The molecule has 0 bridgehead atoms. The van der Waals surface area contributed by atoms with Crippen LogP contribution in [0.5, 0.6) is 5.75 Å². The van der Waals surface area contributed by atoms with Gasteiger partial charge in [0.05, 0.1) is 13.2 Å². The Hall–Kier alpha value is -1.06. The molecular formula is C9H13NO2. The summed E-state index contributed by atoms with van der Waals surface area (Å²) in [7, 11) is 1.66. The largest absolute Gasteiger partial charge is 0.409 e. The molecule has 1 rings (SSSR count). The van der Waals surface area contributed by atoms with Crippen LogP contribution in [0, 0.1) is 0 Å². The van der Waals surface area contributed by atoms with Crippen molar-refractivity contribution in [3.63, 3.8) is 0 Å². The molecule has 1 N–H and O–H groups in total. The topological polar surface area (TPSA) is 30.5 Å². The van der Waals surface area contributed by atoms with E-state index >= 15 is 0 Å². The van der Waals surface area contributed by atoms with Crippen molar-refractivity contribution < 1.29 is 9.57 Å². The van der Waals surface area contributed by atoms with E-state index < -0.39 is 0 Å². The molecule has 0 atom stereocenters. The molecule has 0 saturated heterocycles. The van der Waals surface area contributed by atoms with Gasteiger partial charge in [-0.05, 0) is 12.1 Å². The lowest BCUT2D eigenvalue weighted by molar-refractivity contribution is 0.136. The summed E-state index contributed by atoms with van der Waals surface area (Å²) in [5, 5.41) is 0. The van der Waals surface area contributed by atoms with Gasteiger partial charge in [0.15, 0.2) is 0 Å². The Morgan fingerprint density at radius 2 is 2.00 bits per heavy atom. The predicted octanol–water partition coefficient (Wildman–Crippen LogP) is 1.22. The number of benzene rings is 1. The van der Waals surface area contributed by atoms with Crippen LogP contribution in [-0.4, -0.2) is 20.3 Å². The Kier molecular flexibility index (Phi) is 4.19. The third-order valence-electron chi connectivity index (χ3n) is 1.34. The molecule has 0 aromatic heterocycles.